The van der Waals surface area contributed by atoms with E-state index in [-0.39, 0.29) is 0 Å². The van der Waals surface area contributed by atoms with E-state index in [9.17, 15) is 13.2 Å². The number of alkyl halides is 3. The maximum Gasteiger partial charge on any atom is 0.490 e. The minimum absolute atomic E-state index is 0.486. The molecule has 2 saturated heterocycles. The highest BCUT2D eigenvalue weighted by atomic mass is 19.4. The van der Waals surface area contributed by atoms with Crippen LogP contribution in [0.25, 0.3) is 0 Å². The smallest absolute Gasteiger partial charge is 0.475 e. The van der Waals surface area contributed by atoms with Crippen molar-refractivity contribution >= 4 is 11.9 Å². The van der Waals surface area contributed by atoms with E-state index in [1.807, 2.05) is 30.7 Å². The highest BCUT2D eigenvalue weighted by Gasteiger charge is 2.41. The van der Waals surface area contributed by atoms with Crippen LogP contribution in [-0.2, 0) is 11.3 Å². The predicted octanol–water partition coefficient (Wildman–Crippen LogP) is 3.00. The number of piperidine rings is 1. The summed E-state index contributed by atoms with van der Waals surface area (Å²) in [6.07, 6.45) is 4.25. The summed E-state index contributed by atoms with van der Waals surface area (Å²) >= 11 is 0. The molecular formula is C20H24F3N5O2. The second-order valence-electron chi connectivity index (χ2n) is 7.62. The molecule has 0 amide bonds. The summed E-state index contributed by atoms with van der Waals surface area (Å²) in [5, 5.41) is 7.12. The number of aliphatic carboxylic acids is 1. The number of likely N-dealkylation sites (tertiary alicyclic amines) is 1. The first-order valence-electron chi connectivity index (χ1n) is 9.72. The van der Waals surface area contributed by atoms with Gasteiger partial charge < -0.3 is 10.0 Å². The number of carboxylic acid groups (broad SMARTS) is 1. The van der Waals surface area contributed by atoms with Crippen LogP contribution in [0.5, 0.6) is 0 Å². The molecule has 2 fully saturated rings. The lowest BCUT2D eigenvalue weighted by molar-refractivity contribution is -0.192. The first-order chi connectivity index (χ1) is 14.3. The number of pyridine rings is 1. The van der Waals surface area contributed by atoms with Gasteiger partial charge in [0.25, 0.3) is 0 Å². The molecule has 2 aromatic heterocycles. The van der Waals surface area contributed by atoms with Crippen LogP contribution in [0.1, 0.15) is 25.0 Å². The molecule has 30 heavy (non-hydrogen) atoms. The average Bonchev–Trinajstić information content (AvgIpc) is 3.11. The maximum atomic E-state index is 10.6. The molecule has 0 aliphatic carbocycles. The van der Waals surface area contributed by atoms with E-state index >= 15 is 0 Å². The third kappa shape index (κ3) is 5.88. The van der Waals surface area contributed by atoms with Gasteiger partial charge >= 0.3 is 12.1 Å². The van der Waals surface area contributed by atoms with Crippen LogP contribution in [0.2, 0.25) is 0 Å². The number of carbonyl (C=O) groups is 1. The molecule has 2 aliphatic rings. The van der Waals surface area contributed by atoms with Crippen molar-refractivity contribution in [2.45, 2.75) is 32.0 Å². The Morgan fingerprint density at radius 2 is 1.60 bits per heavy atom. The average molecular weight is 423 g/mol. The van der Waals surface area contributed by atoms with Crippen LogP contribution in [0, 0.1) is 5.41 Å². The fourth-order valence-corrected chi connectivity index (χ4v) is 3.93. The number of rotatable bonds is 3. The highest BCUT2D eigenvalue weighted by molar-refractivity contribution is 5.73. The zero-order chi connectivity index (χ0) is 21.6. The Bertz CT molecular complexity index is 812. The Hall–Kier alpha value is -2.75. The molecule has 2 aromatic rings. The van der Waals surface area contributed by atoms with E-state index in [0.717, 1.165) is 25.6 Å². The normalized spacial score (nSPS) is 18.7. The van der Waals surface area contributed by atoms with E-state index in [1.165, 1.54) is 38.0 Å². The Balaban J connectivity index is 0.000000318. The zero-order valence-corrected chi connectivity index (χ0v) is 16.4. The monoisotopic (exact) mass is 423 g/mol. The number of halogens is 3. The lowest BCUT2D eigenvalue weighted by Crippen LogP contribution is -2.42. The summed E-state index contributed by atoms with van der Waals surface area (Å²) in [5.41, 5.74) is 1.67. The fraction of sp³-hybridized carbons (Fsp3) is 0.500. The van der Waals surface area contributed by atoms with E-state index in [1.54, 1.807) is 0 Å². The van der Waals surface area contributed by atoms with Gasteiger partial charge in [-0.2, -0.15) is 13.2 Å². The van der Waals surface area contributed by atoms with E-state index in [4.69, 9.17) is 9.90 Å². The number of aromatic nitrogens is 3. The van der Waals surface area contributed by atoms with Gasteiger partial charge in [-0.05, 0) is 49.4 Å². The summed E-state index contributed by atoms with van der Waals surface area (Å²) < 4.78 is 31.7. The third-order valence-electron chi connectivity index (χ3n) is 5.53. The lowest BCUT2D eigenvalue weighted by atomic mass is 9.78. The van der Waals surface area contributed by atoms with Crippen LogP contribution >= 0.6 is 0 Å². The molecule has 0 aromatic carbocycles. The van der Waals surface area contributed by atoms with Crippen molar-refractivity contribution in [3.63, 3.8) is 0 Å². The summed E-state index contributed by atoms with van der Waals surface area (Å²) in [4.78, 5) is 27.0. The standard InChI is InChI=1S/C18H23N5.C2HF3O2/c1-2-8-19-16(4-1)14-22-11-5-18(15-22)6-12-23(13-7-18)17-20-9-3-10-21-17;3-2(4,5)1(6)7/h1-4,8-10H,5-7,11-15H2;(H,6,7). The Morgan fingerprint density at radius 1 is 1.00 bits per heavy atom. The molecule has 10 heteroatoms. The van der Waals surface area contributed by atoms with Crippen LogP contribution in [-0.4, -0.2) is 63.3 Å². The molecule has 0 radical (unpaired) electrons. The van der Waals surface area contributed by atoms with Crippen molar-refractivity contribution in [1.82, 2.24) is 19.9 Å². The van der Waals surface area contributed by atoms with E-state index < -0.39 is 12.1 Å². The van der Waals surface area contributed by atoms with Gasteiger partial charge in [0.15, 0.2) is 0 Å². The molecule has 4 heterocycles. The molecule has 0 saturated carbocycles. The molecule has 2 aliphatic heterocycles. The van der Waals surface area contributed by atoms with Crippen LogP contribution in [0.4, 0.5) is 19.1 Å². The summed E-state index contributed by atoms with van der Waals surface area (Å²) in [6.45, 7) is 5.52. The third-order valence-corrected chi connectivity index (χ3v) is 5.53. The minimum Gasteiger partial charge on any atom is -0.475 e. The van der Waals surface area contributed by atoms with Gasteiger partial charge in [0.05, 0.1) is 5.69 Å². The summed E-state index contributed by atoms with van der Waals surface area (Å²) in [6, 6.07) is 8.06. The number of anilines is 1. The van der Waals surface area contributed by atoms with Crippen molar-refractivity contribution in [3.8, 4) is 0 Å². The van der Waals surface area contributed by atoms with Crippen molar-refractivity contribution in [1.29, 1.82) is 0 Å². The second kappa shape index (κ2) is 9.38. The molecule has 7 nitrogen and oxygen atoms in total. The Kier molecular flexibility index (Phi) is 6.86. The molecule has 1 spiro atoms. The van der Waals surface area contributed by atoms with Gasteiger partial charge in [0, 0.05) is 44.8 Å². The van der Waals surface area contributed by atoms with Crippen molar-refractivity contribution in [3.05, 3.63) is 48.5 Å². The second-order valence-corrected chi connectivity index (χ2v) is 7.62. The molecule has 0 unspecified atom stereocenters. The predicted molar refractivity (Wildman–Crippen MR) is 104 cm³/mol. The van der Waals surface area contributed by atoms with Crippen LogP contribution in [0.3, 0.4) is 0 Å². The molecule has 0 bridgehead atoms. The van der Waals surface area contributed by atoms with Crippen molar-refractivity contribution in [2.75, 3.05) is 31.1 Å². The van der Waals surface area contributed by atoms with E-state index in [2.05, 4.69) is 36.9 Å². The lowest BCUT2D eigenvalue weighted by Gasteiger charge is -2.39. The Labute approximate surface area is 172 Å². The molecule has 0 atom stereocenters. The first-order valence-corrected chi connectivity index (χ1v) is 9.72. The SMILES string of the molecule is O=C(O)C(F)(F)F.c1ccc(CN2CCC3(CCN(c4ncccn4)CC3)C2)nc1. The molecular weight excluding hydrogens is 399 g/mol. The zero-order valence-electron chi connectivity index (χ0n) is 16.4. The van der Waals surface area contributed by atoms with Crippen molar-refractivity contribution in [2.24, 2.45) is 5.41 Å². The van der Waals surface area contributed by atoms with Gasteiger partial charge in [-0.15, -0.1) is 0 Å². The Morgan fingerprint density at radius 3 is 2.17 bits per heavy atom. The van der Waals surface area contributed by atoms with Crippen LogP contribution < -0.4 is 4.90 Å². The highest BCUT2D eigenvalue weighted by Crippen LogP contribution is 2.41. The quantitative estimate of drug-likeness (QED) is 0.813. The van der Waals surface area contributed by atoms with Gasteiger partial charge in [-0.25, -0.2) is 14.8 Å². The van der Waals surface area contributed by atoms with Gasteiger partial charge in [-0.3, -0.25) is 9.88 Å². The molecule has 162 valence electrons. The molecule has 1 N–H and O–H groups in total. The number of nitrogens with zero attached hydrogens (tertiary/aromatic N) is 5. The van der Waals surface area contributed by atoms with E-state index in [0.29, 0.717) is 5.41 Å². The largest absolute Gasteiger partial charge is 0.490 e. The van der Waals surface area contributed by atoms with Crippen LogP contribution in [0.15, 0.2) is 42.9 Å². The maximum absolute atomic E-state index is 10.6. The topological polar surface area (TPSA) is 82.5 Å². The van der Waals surface area contributed by atoms with Gasteiger partial charge in [-0.1, -0.05) is 6.07 Å². The number of hydrogen-bond acceptors (Lipinski definition) is 6. The first kappa shape index (κ1) is 21.9. The minimum atomic E-state index is -5.08. The number of hydrogen-bond donors (Lipinski definition) is 1. The van der Waals surface area contributed by atoms with Gasteiger partial charge in [0.2, 0.25) is 5.95 Å². The van der Waals surface area contributed by atoms with Gasteiger partial charge in [0.1, 0.15) is 0 Å². The van der Waals surface area contributed by atoms with Crippen molar-refractivity contribution < 1.29 is 23.1 Å². The fourth-order valence-electron chi connectivity index (χ4n) is 3.93. The molecule has 4 rings (SSSR count). The summed E-state index contributed by atoms with van der Waals surface area (Å²) in [5.74, 6) is -1.88. The number of carboxylic acids is 1. The summed E-state index contributed by atoms with van der Waals surface area (Å²) in [7, 11) is 0.